The van der Waals surface area contributed by atoms with Crippen LogP contribution >= 0.6 is 23.2 Å². The fourth-order valence-electron chi connectivity index (χ4n) is 8.49. The van der Waals surface area contributed by atoms with Crippen LogP contribution in [-0.2, 0) is 32.2 Å². The molecule has 2 rings (SSSR count). The van der Waals surface area contributed by atoms with E-state index in [1.807, 2.05) is 19.1 Å². The van der Waals surface area contributed by atoms with Crippen LogP contribution in [0.3, 0.4) is 0 Å². The maximum absolute atomic E-state index is 13.8. The fourth-order valence-corrected chi connectivity index (χ4v) is 8.79. The van der Waals surface area contributed by atoms with Gasteiger partial charge in [-0.3, -0.25) is 0 Å². The van der Waals surface area contributed by atoms with Crippen molar-refractivity contribution in [1.29, 1.82) is 10.5 Å². The molecule has 0 heterocycles. The summed E-state index contributed by atoms with van der Waals surface area (Å²) in [6.07, 6.45) is 42.3. The molecule has 0 radical (unpaired) electrons. The summed E-state index contributed by atoms with van der Waals surface area (Å²) in [4.78, 5) is 0. The molecule has 0 fully saturated rings. The third-order valence-corrected chi connectivity index (χ3v) is 13.8. The minimum atomic E-state index is -0.649. The zero-order valence-electron chi connectivity index (χ0n) is 44.3. The van der Waals surface area contributed by atoms with E-state index >= 15 is 0 Å². The molecule has 0 aliphatic rings. The molecule has 2 N–H and O–H groups in total. The number of rotatable bonds is 46. The van der Waals surface area contributed by atoms with Crippen molar-refractivity contribution in [2.45, 2.75) is 252 Å². The molecule has 0 amide bonds. The molecule has 0 bridgehead atoms. The van der Waals surface area contributed by atoms with Crippen LogP contribution in [0.2, 0.25) is 10.0 Å². The Balaban J connectivity index is 0.000000700. The lowest BCUT2D eigenvalue weighted by molar-refractivity contribution is -0.0503. The number of benzene rings is 2. The van der Waals surface area contributed by atoms with E-state index in [9.17, 15) is 19.9 Å². The first-order chi connectivity index (χ1) is 34.2. The molecule has 8 nitrogen and oxygen atoms in total. The molecular formula is C59H97Cl2FN2O6. The molecule has 2 atom stereocenters. The van der Waals surface area contributed by atoms with Gasteiger partial charge in [0.25, 0.3) is 0 Å². The first-order valence-electron chi connectivity index (χ1n) is 27.9. The lowest BCUT2D eigenvalue weighted by Crippen LogP contribution is -2.24. The maximum atomic E-state index is 13.8. The van der Waals surface area contributed by atoms with Gasteiger partial charge < -0.3 is 29.2 Å². The van der Waals surface area contributed by atoms with Crippen LogP contribution in [0.1, 0.15) is 247 Å². The second-order valence-electron chi connectivity index (χ2n) is 19.4. The third kappa shape index (κ3) is 35.7. The number of ether oxygens (including phenoxy) is 4. The Labute approximate surface area is 436 Å². The van der Waals surface area contributed by atoms with Crippen molar-refractivity contribution in [1.82, 2.24) is 0 Å². The monoisotopic (exact) mass is 1020 g/mol. The Kier molecular flexibility index (Phi) is 44.8. The summed E-state index contributed by atoms with van der Waals surface area (Å²) < 4.78 is 36.5. The number of nitriles is 2. The lowest BCUT2D eigenvalue weighted by atomic mass is 10.0. The second-order valence-corrected chi connectivity index (χ2v) is 20.2. The van der Waals surface area contributed by atoms with E-state index in [0.29, 0.717) is 42.6 Å². The predicted molar refractivity (Wildman–Crippen MR) is 289 cm³/mol. The molecule has 70 heavy (non-hydrogen) atoms. The standard InChI is InChI=1S/C30H50ClNO3.C29H47ClFNO3/c1-3-4-5-6-7-8-9-10-11-12-13-14-15-16-17-18-19-34-25-29(23-33)35-24-27-20-26(2)30(31)28(21-27)22-32;1-2-3-4-5-6-7-8-9-10-11-12-13-14-15-16-17-18-34-24-27(22-33)35-23-25-19-26(21-32)29(30)28(31)20-25/h20-21,29,33H,3-19,23-25H2,1-2H3;19-20,27,33H,2-18,22-24H2,1H3/t29-;27-/m00/s1. The van der Waals surface area contributed by atoms with E-state index in [0.717, 1.165) is 30.4 Å². The molecule has 0 aromatic heterocycles. The lowest BCUT2D eigenvalue weighted by Gasteiger charge is -2.16. The zero-order valence-corrected chi connectivity index (χ0v) is 45.8. The van der Waals surface area contributed by atoms with Gasteiger partial charge in [-0.05, 0) is 54.7 Å². The van der Waals surface area contributed by atoms with E-state index in [2.05, 4.69) is 19.9 Å². The number of aliphatic hydroxyl groups is 2. The van der Waals surface area contributed by atoms with Crippen molar-refractivity contribution in [3.63, 3.8) is 0 Å². The van der Waals surface area contributed by atoms with Crippen molar-refractivity contribution in [3.8, 4) is 12.1 Å². The van der Waals surface area contributed by atoms with Crippen molar-refractivity contribution in [2.24, 2.45) is 0 Å². The van der Waals surface area contributed by atoms with Gasteiger partial charge in [0.1, 0.15) is 30.2 Å². The van der Waals surface area contributed by atoms with Gasteiger partial charge in [-0.1, -0.05) is 236 Å². The highest BCUT2D eigenvalue weighted by atomic mass is 35.5. The number of unbranched alkanes of at least 4 members (excludes halogenated alkanes) is 30. The Hall–Kier alpha value is -2.31. The van der Waals surface area contributed by atoms with Crippen LogP contribution in [0.15, 0.2) is 24.3 Å². The first-order valence-corrected chi connectivity index (χ1v) is 28.7. The van der Waals surface area contributed by atoms with E-state index in [-0.39, 0.29) is 43.1 Å². The minimum absolute atomic E-state index is 0.0746. The molecule has 0 aliphatic heterocycles. The van der Waals surface area contributed by atoms with Crippen molar-refractivity contribution in [2.75, 3.05) is 39.6 Å². The van der Waals surface area contributed by atoms with E-state index in [1.165, 1.54) is 198 Å². The highest BCUT2D eigenvalue weighted by Crippen LogP contribution is 2.24. The highest BCUT2D eigenvalue weighted by molar-refractivity contribution is 6.32. The van der Waals surface area contributed by atoms with Crippen LogP contribution in [0.5, 0.6) is 0 Å². The minimum Gasteiger partial charge on any atom is -0.394 e. The molecule has 11 heteroatoms. The Morgan fingerprint density at radius 1 is 0.471 bits per heavy atom. The maximum Gasteiger partial charge on any atom is 0.143 e. The smallest absolute Gasteiger partial charge is 0.143 e. The van der Waals surface area contributed by atoms with Crippen LogP contribution < -0.4 is 0 Å². The summed E-state index contributed by atoms with van der Waals surface area (Å²) >= 11 is 11.9. The fraction of sp³-hybridized carbons (Fsp3) is 0.763. The summed E-state index contributed by atoms with van der Waals surface area (Å²) in [5, 5.41) is 37.5. The SMILES string of the molecule is CCCCCCCCCCCCCCCCCCOC[C@H](CO)OCc1cc(C)c(Cl)c(C#N)c1.CCCCCCCCCCCCCCCCCCOC[C@H](CO)OCc1cc(F)c(Cl)c(C#N)c1. The Bertz CT molecular complexity index is 1500. The molecule has 400 valence electrons. The van der Waals surface area contributed by atoms with E-state index in [4.69, 9.17) is 47.4 Å². The molecule has 2 aromatic carbocycles. The summed E-state index contributed by atoms with van der Waals surface area (Å²) in [7, 11) is 0. The molecular weight excluding hydrogens is 923 g/mol. The van der Waals surface area contributed by atoms with Crippen LogP contribution in [0, 0.1) is 35.4 Å². The van der Waals surface area contributed by atoms with Crippen molar-refractivity contribution in [3.05, 3.63) is 67.9 Å². The topological polar surface area (TPSA) is 125 Å². The van der Waals surface area contributed by atoms with Crippen LogP contribution in [0.4, 0.5) is 4.39 Å². The number of hydrogen-bond donors (Lipinski definition) is 2. The second kappa shape index (κ2) is 47.7. The molecule has 0 saturated heterocycles. The number of aliphatic hydroxyl groups excluding tert-OH is 2. The first kappa shape index (κ1) is 65.7. The molecule has 2 aromatic rings. The zero-order chi connectivity index (χ0) is 51.1. The predicted octanol–water partition coefficient (Wildman–Crippen LogP) is 17.2. The molecule has 0 saturated carbocycles. The van der Waals surface area contributed by atoms with Gasteiger partial charge in [0, 0.05) is 13.2 Å². The third-order valence-electron chi connectivity index (χ3n) is 12.9. The number of halogens is 3. The van der Waals surface area contributed by atoms with E-state index < -0.39 is 11.9 Å². The number of hydrogen-bond acceptors (Lipinski definition) is 8. The Morgan fingerprint density at radius 2 is 0.771 bits per heavy atom. The molecule has 0 spiro atoms. The van der Waals surface area contributed by atoms with Crippen molar-refractivity contribution < 1.29 is 33.6 Å². The van der Waals surface area contributed by atoms with Gasteiger partial charge in [-0.2, -0.15) is 10.5 Å². The quantitative estimate of drug-likeness (QED) is 0.0628. The number of aryl methyl sites for hydroxylation is 1. The van der Waals surface area contributed by atoms with Crippen molar-refractivity contribution >= 4 is 23.2 Å². The largest absolute Gasteiger partial charge is 0.394 e. The summed E-state index contributed by atoms with van der Waals surface area (Å²) in [5.41, 5.74) is 2.75. The van der Waals surface area contributed by atoms with Gasteiger partial charge in [0.2, 0.25) is 0 Å². The Morgan fingerprint density at radius 3 is 1.09 bits per heavy atom. The average molecular weight is 1020 g/mol. The van der Waals surface area contributed by atoms with Gasteiger partial charge in [-0.15, -0.1) is 0 Å². The van der Waals surface area contributed by atoms with Gasteiger partial charge >= 0.3 is 0 Å². The van der Waals surface area contributed by atoms with E-state index in [1.54, 1.807) is 6.07 Å². The summed E-state index contributed by atoms with van der Waals surface area (Å²) in [6.45, 7) is 8.57. The average Bonchev–Trinajstić information content (AvgIpc) is 3.37. The number of nitrogens with zero attached hydrogens (tertiary/aromatic N) is 2. The van der Waals surface area contributed by atoms with Gasteiger partial charge in [0.05, 0.1) is 60.8 Å². The summed E-state index contributed by atoms with van der Waals surface area (Å²) in [5.74, 6) is -0.649. The van der Waals surface area contributed by atoms with Gasteiger partial charge in [-0.25, -0.2) is 4.39 Å². The van der Waals surface area contributed by atoms with Gasteiger partial charge in [0.15, 0.2) is 0 Å². The highest BCUT2D eigenvalue weighted by Gasteiger charge is 2.14. The molecule has 0 unspecified atom stereocenters. The molecule has 0 aliphatic carbocycles. The van der Waals surface area contributed by atoms with Crippen LogP contribution in [-0.4, -0.2) is 62.1 Å². The summed E-state index contributed by atoms with van der Waals surface area (Å²) in [6, 6.07) is 10.4. The normalized spacial score (nSPS) is 12.1. The van der Waals surface area contributed by atoms with Crippen LogP contribution in [0.25, 0.3) is 0 Å².